The molecule has 2 aromatic rings. The highest BCUT2D eigenvalue weighted by Gasteiger charge is 2.51. The molecule has 7 heteroatoms. The van der Waals surface area contributed by atoms with Crippen LogP contribution in [0.15, 0.2) is 33.9 Å². The van der Waals surface area contributed by atoms with Crippen LogP contribution in [0, 0.1) is 23.6 Å². The summed E-state index contributed by atoms with van der Waals surface area (Å²) < 4.78 is 19.5. The van der Waals surface area contributed by atoms with Crippen molar-refractivity contribution in [2.24, 2.45) is 17.8 Å². The van der Waals surface area contributed by atoms with E-state index in [2.05, 4.69) is 15.5 Å². The van der Waals surface area contributed by atoms with Gasteiger partial charge in [-0.1, -0.05) is 23.9 Å². The van der Waals surface area contributed by atoms with E-state index in [1.54, 1.807) is 18.2 Å². The summed E-state index contributed by atoms with van der Waals surface area (Å²) in [6, 6.07) is 6.28. The summed E-state index contributed by atoms with van der Waals surface area (Å²) in [5, 5.41) is 11.2. The van der Waals surface area contributed by atoms with E-state index in [0.717, 1.165) is 37.0 Å². The molecule has 0 aliphatic heterocycles. The second-order valence-electron chi connectivity index (χ2n) is 8.80. The van der Waals surface area contributed by atoms with E-state index in [1.807, 2.05) is 6.92 Å². The van der Waals surface area contributed by atoms with Gasteiger partial charge in [-0.2, -0.15) is 0 Å². The highest BCUT2D eigenvalue weighted by atomic mass is 32.2. The molecule has 1 atom stereocenters. The molecule has 1 amide bonds. The first kappa shape index (κ1) is 18.2. The molecule has 4 fully saturated rings. The molecule has 0 unspecified atom stereocenters. The molecule has 0 saturated heterocycles. The lowest BCUT2D eigenvalue weighted by atomic mass is 9.53. The Labute approximate surface area is 167 Å². The summed E-state index contributed by atoms with van der Waals surface area (Å²) in [6.45, 7) is 1.85. The van der Waals surface area contributed by atoms with Gasteiger partial charge in [0.1, 0.15) is 5.82 Å². The highest BCUT2D eigenvalue weighted by Crippen LogP contribution is 2.55. The van der Waals surface area contributed by atoms with Crippen molar-refractivity contribution in [1.82, 2.24) is 15.5 Å². The van der Waals surface area contributed by atoms with Crippen LogP contribution in [-0.4, -0.2) is 26.9 Å². The fourth-order valence-corrected chi connectivity index (χ4v) is 6.52. The molecule has 0 spiro atoms. The van der Waals surface area contributed by atoms with Gasteiger partial charge in [0.25, 0.3) is 11.1 Å². The average molecular weight is 402 g/mol. The summed E-state index contributed by atoms with van der Waals surface area (Å²) >= 11 is 1.23. The Hall–Kier alpha value is -1.89. The Morgan fingerprint density at radius 3 is 2.46 bits per heavy atom. The Morgan fingerprint density at radius 2 is 1.82 bits per heavy atom. The van der Waals surface area contributed by atoms with E-state index in [0.29, 0.717) is 0 Å². The number of hydrogen-bond acceptors (Lipinski definition) is 5. The van der Waals surface area contributed by atoms with Gasteiger partial charge >= 0.3 is 0 Å². The number of carbonyl (C=O) groups is 1. The van der Waals surface area contributed by atoms with Crippen LogP contribution in [0.25, 0.3) is 11.5 Å². The van der Waals surface area contributed by atoms with Gasteiger partial charge in [-0.25, -0.2) is 4.39 Å². The van der Waals surface area contributed by atoms with Crippen molar-refractivity contribution >= 4 is 17.7 Å². The standard InChI is InChI=1S/C21H24FN3O2S/c1-12(28-20-25-24-19(27-20)16-4-2-3-5-17(16)22)18(26)23-21-9-13-6-14(10-21)8-15(7-13)11-21/h2-5,12-15H,6-11H2,1H3,(H,23,26)/t12-,13?,14?,15?,21?/m1/s1. The maximum atomic E-state index is 13.9. The van der Waals surface area contributed by atoms with Gasteiger partial charge in [0.15, 0.2) is 0 Å². The van der Waals surface area contributed by atoms with Crippen LogP contribution in [0.5, 0.6) is 0 Å². The first-order valence-electron chi connectivity index (χ1n) is 10.1. The number of nitrogens with zero attached hydrogens (tertiary/aromatic N) is 2. The molecular formula is C21H24FN3O2S. The topological polar surface area (TPSA) is 68.0 Å². The number of carbonyl (C=O) groups excluding carboxylic acids is 1. The van der Waals surface area contributed by atoms with E-state index >= 15 is 0 Å². The van der Waals surface area contributed by atoms with E-state index in [-0.39, 0.29) is 33.4 Å². The Bertz CT molecular complexity index is 864. The fourth-order valence-electron chi connectivity index (χ4n) is 5.83. The zero-order valence-corrected chi connectivity index (χ0v) is 16.7. The van der Waals surface area contributed by atoms with Crippen molar-refractivity contribution in [1.29, 1.82) is 0 Å². The molecule has 4 aliphatic rings. The largest absolute Gasteiger partial charge is 0.411 e. The number of hydrogen-bond donors (Lipinski definition) is 1. The van der Waals surface area contributed by atoms with Gasteiger partial charge in [0.05, 0.1) is 10.8 Å². The van der Waals surface area contributed by atoms with Crippen molar-refractivity contribution in [2.45, 2.75) is 61.5 Å². The molecule has 28 heavy (non-hydrogen) atoms. The minimum atomic E-state index is -0.407. The van der Waals surface area contributed by atoms with Crippen LogP contribution in [0.3, 0.4) is 0 Å². The lowest BCUT2D eigenvalue weighted by molar-refractivity contribution is -0.126. The second-order valence-corrected chi connectivity index (χ2v) is 10.1. The molecular weight excluding hydrogens is 377 g/mol. The molecule has 1 aromatic heterocycles. The van der Waals surface area contributed by atoms with Gasteiger partial charge in [-0.3, -0.25) is 4.79 Å². The number of nitrogens with one attached hydrogen (secondary N) is 1. The highest BCUT2D eigenvalue weighted by molar-refractivity contribution is 8.00. The molecule has 148 valence electrons. The summed E-state index contributed by atoms with van der Waals surface area (Å²) in [7, 11) is 0. The molecule has 0 radical (unpaired) electrons. The van der Waals surface area contributed by atoms with Gasteiger partial charge < -0.3 is 9.73 Å². The number of rotatable bonds is 5. The third kappa shape index (κ3) is 3.34. The molecule has 4 bridgehead atoms. The summed E-state index contributed by atoms with van der Waals surface area (Å²) in [5.41, 5.74) is 0.265. The summed E-state index contributed by atoms with van der Waals surface area (Å²) in [5.74, 6) is 2.11. The van der Waals surface area contributed by atoms with Crippen LogP contribution >= 0.6 is 11.8 Å². The first-order valence-corrected chi connectivity index (χ1v) is 10.9. The molecule has 1 aromatic carbocycles. The van der Waals surface area contributed by atoms with Gasteiger partial charge in [0.2, 0.25) is 5.91 Å². The zero-order valence-electron chi connectivity index (χ0n) is 15.9. The minimum absolute atomic E-state index is 0.00613. The van der Waals surface area contributed by atoms with Gasteiger partial charge in [0, 0.05) is 5.54 Å². The number of benzene rings is 1. The van der Waals surface area contributed by atoms with Crippen molar-refractivity contribution < 1.29 is 13.6 Å². The Kier molecular flexibility index (Phi) is 4.45. The van der Waals surface area contributed by atoms with Crippen molar-refractivity contribution in [2.75, 3.05) is 0 Å². The SMILES string of the molecule is C[C@@H](Sc1nnc(-c2ccccc2F)o1)C(=O)NC12CC3CC(CC(C3)C1)C2. The van der Waals surface area contributed by atoms with Crippen LogP contribution in [0.1, 0.15) is 45.4 Å². The zero-order chi connectivity index (χ0) is 19.3. The van der Waals surface area contributed by atoms with Gasteiger partial charge in [-0.15, -0.1) is 10.2 Å². The minimum Gasteiger partial charge on any atom is -0.411 e. The molecule has 1 N–H and O–H groups in total. The maximum Gasteiger partial charge on any atom is 0.277 e. The van der Waals surface area contributed by atoms with E-state index < -0.39 is 5.82 Å². The third-order valence-corrected chi connectivity index (χ3v) is 7.52. The fraction of sp³-hybridized carbons (Fsp3) is 0.571. The smallest absolute Gasteiger partial charge is 0.277 e. The van der Waals surface area contributed by atoms with E-state index in [4.69, 9.17) is 4.42 Å². The van der Waals surface area contributed by atoms with E-state index in [9.17, 15) is 9.18 Å². The van der Waals surface area contributed by atoms with Crippen LogP contribution in [-0.2, 0) is 4.79 Å². The number of thioether (sulfide) groups is 1. The molecule has 1 heterocycles. The van der Waals surface area contributed by atoms with Crippen LogP contribution in [0.2, 0.25) is 0 Å². The van der Waals surface area contributed by atoms with Crippen molar-refractivity contribution in [3.05, 3.63) is 30.1 Å². The van der Waals surface area contributed by atoms with Gasteiger partial charge in [-0.05, 0) is 75.3 Å². The predicted octanol–water partition coefficient (Wildman–Crippen LogP) is 4.44. The molecule has 5 nitrogen and oxygen atoms in total. The monoisotopic (exact) mass is 401 g/mol. The molecule has 6 rings (SSSR count). The average Bonchev–Trinajstić information content (AvgIpc) is 3.08. The predicted molar refractivity (Wildman–Crippen MR) is 104 cm³/mol. The molecule has 4 saturated carbocycles. The summed E-state index contributed by atoms with van der Waals surface area (Å²) in [6.07, 6.45) is 7.42. The normalized spacial score (nSPS) is 31.7. The van der Waals surface area contributed by atoms with Crippen molar-refractivity contribution in [3.8, 4) is 11.5 Å². The first-order chi connectivity index (χ1) is 13.5. The lowest BCUT2D eigenvalue weighted by Crippen LogP contribution is -2.60. The van der Waals surface area contributed by atoms with E-state index in [1.165, 1.54) is 37.1 Å². The molecule has 4 aliphatic carbocycles. The quantitative estimate of drug-likeness (QED) is 0.750. The second kappa shape index (κ2) is 6.87. The van der Waals surface area contributed by atoms with Crippen molar-refractivity contribution in [3.63, 3.8) is 0 Å². The Morgan fingerprint density at radius 1 is 1.18 bits per heavy atom. The number of halogens is 1. The van der Waals surface area contributed by atoms with Crippen LogP contribution in [0.4, 0.5) is 4.39 Å². The number of aromatic nitrogens is 2. The maximum absolute atomic E-state index is 13.9. The lowest BCUT2D eigenvalue weighted by Gasteiger charge is -2.57. The Balaban J connectivity index is 1.24. The summed E-state index contributed by atoms with van der Waals surface area (Å²) in [4.78, 5) is 12.9. The van der Waals surface area contributed by atoms with Crippen LogP contribution < -0.4 is 5.32 Å². The third-order valence-electron chi connectivity index (χ3n) is 6.58. The number of amides is 1.